The van der Waals surface area contributed by atoms with E-state index in [9.17, 15) is 0 Å². The molecule has 16 heavy (non-hydrogen) atoms. The van der Waals surface area contributed by atoms with Gasteiger partial charge >= 0.3 is 0 Å². The van der Waals surface area contributed by atoms with Gasteiger partial charge in [0.15, 0.2) is 0 Å². The Morgan fingerprint density at radius 1 is 1.31 bits per heavy atom. The lowest BCUT2D eigenvalue weighted by molar-refractivity contribution is 0.314. The molecule has 1 aliphatic rings. The summed E-state index contributed by atoms with van der Waals surface area (Å²) >= 11 is 1.95. The van der Waals surface area contributed by atoms with Crippen molar-refractivity contribution in [3.63, 3.8) is 0 Å². The van der Waals surface area contributed by atoms with E-state index in [2.05, 4.69) is 48.2 Å². The number of aromatic nitrogens is 1. The number of likely N-dealkylation sites (N-methyl/N-ethyl adjacent to an activating group) is 1. The fraction of sp³-hybridized carbons (Fsp3) is 0.385. The van der Waals surface area contributed by atoms with E-state index >= 15 is 0 Å². The van der Waals surface area contributed by atoms with Crippen molar-refractivity contribution in [1.82, 2.24) is 9.88 Å². The summed E-state index contributed by atoms with van der Waals surface area (Å²) in [5, 5.41) is 2.77. The Labute approximate surface area is 100 Å². The van der Waals surface area contributed by atoms with Gasteiger partial charge in [0.1, 0.15) is 0 Å². The van der Waals surface area contributed by atoms with E-state index in [0.29, 0.717) is 6.04 Å². The number of nitrogens with one attached hydrogen (secondary N) is 1. The lowest BCUT2D eigenvalue weighted by atomic mass is 10.1. The van der Waals surface area contributed by atoms with Crippen molar-refractivity contribution in [3.8, 4) is 0 Å². The zero-order chi connectivity index (χ0) is 11.1. The van der Waals surface area contributed by atoms with Crippen LogP contribution in [0.4, 0.5) is 0 Å². The summed E-state index contributed by atoms with van der Waals surface area (Å²) in [6.07, 6.45) is 1.17. The van der Waals surface area contributed by atoms with Crippen LogP contribution in [-0.4, -0.2) is 35.8 Å². The number of thioether (sulfide) groups is 1. The molecule has 3 rings (SSSR count). The average molecular weight is 232 g/mol. The van der Waals surface area contributed by atoms with E-state index < -0.39 is 0 Å². The Morgan fingerprint density at radius 2 is 2.12 bits per heavy atom. The van der Waals surface area contributed by atoms with Gasteiger partial charge in [-0.1, -0.05) is 18.2 Å². The van der Waals surface area contributed by atoms with Gasteiger partial charge in [-0.15, -0.1) is 11.8 Å². The van der Waals surface area contributed by atoms with E-state index in [4.69, 9.17) is 0 Å². The minimum absolute atomic E-state index is 0.664. The quantitative estimate of drug-likeness (QED) is 0.815. The molecule has 84 valence electrons. The molecular formula is C13H16N2S. The van der Waals surface area contributed by atoms with Crippen LogP contribution in [0.5, 0.6) is 0 Å². The zero-order valence-electron chi connectivity index (χ0n) is 9.66. The summed E-state index contributed by atoms with van der Waals surface area (Å²) in [6, 6.07) is 9.28. The topological polar surface area (TPSA) is 19.0 Å². The minimum atomic E-state index is 0.664. The Balaban J connectivity index is 2.08. The first-order valence-corrected chi connectivity index (χ1v) is 6.63. The van der Waals surface area contributed by atoms with Gasteiger partial charge in [0.2, 0.25) is 0 Å². The predicted octanol–water partition coefficient (Wildman–Crippen LogP) is 2.75. The molecule has 3 heteroatoms. The fourth-order valence-corrected chi connectivity index (χ4v) is 3.63. The van der Waals surface area contributed by atoms with Crippen LogP contribution in [-0.2, 0) is 6.42 Å². The minimum Gasteiger partial charge on any atom is -0.349 e. The van der Waals surface area contributed by atoms with Crippen molar-refractivity contribution in [1.29, 1.82) is 0 Å². The molecule has 0 bridgehead atoms. The van der Waals surface area contributed by atoms with Gasteiger partial charge in [0.05, 0.1) is 5.03 Å². The summed E-state index contributed by atoms with van der Waals surface area (Å²) in [5.74, 6) is 1.19. The molecule has 0 saturated heterocycles. The Bertz CT molecular complexity index is 516. The smallest absolute Gasteiger partial charge is 0.0766 e. The first-order chi connectivity index (χ1) is 7.75. The van der Waals surface area contributed by atoms with Gasteiger partial charge in [-0.2, -0.15) is 0 Å². The molecule has 2 heterocycles. The summed E-state index contributed by atoms with van der Waals surface area (Å²) in [5.41, 5.74) is 2.78. The molecule has 0 aliphatic carbocycles. The van der Waals surface area contributed by atoms with E-state index in [1.165, 1.54) is 33.7 Å². The second-order valence-corrected chi connectivity index (χ2v) is 5.64. The molecule has 0 saturated carbocycles. The summed E-state index contributed by atoms with van der Waals surface area (Å²) in [7, 11) is 4.34. The zero-order valence-corrected chi connectivity index (χ0v) is 10.5. The molecule has 1 aromatic carbocycles. The monoisotopic (exact) mass is 232 g/mol. The van der Waals surface area contributed by atoms with E-state index in [0.717, 1.165) is 0 Å². The number of fused-ring (bicyclic) bond motifs is 3. The highest BCUT2D eigenvalue weighted by Crippen LogP contribution is 2.35. The number of H-pyrrole nitrogens is 1. The number of aromatic amines is 1. The van der Waals surface area contributed by atoms with E-state index in [1.807, 2.05) is 11.8 Å². The lowest BCUT2D eigenvalue weighted by Crippen LogP contribution is -2.34. The maximum atomic E-state index is 3.52. The normalized spacial score (nSPS) is 20.3. The summed E-state index contributed by atoms with van der Waals surface area (Å²) in [4.78, 5) is 5.85. The van der Waals surface area contributed by atoms with Crippen LogP contribution in [0, 0.1) is 0 Å². The maximum absolute atomic E-state index is 3.52. The molecule has 1 N–H and O–H groups in total. The molecule has 1 aromatic heterocycles. The van der Waals surface area contributed by atoms with Crippen LogP contribution >= 0.6 is 11.8 Å². The molecule has 0 radical (unpaired) electrons. The third kappa shape index (κ3) is 1.55. The summed E-state index contributed by atoms with van der Waals surface area (Å²) < 4.78 is 0. The van der Waals surface area contributed by atoms with Gasteiger partial charge in [0.25, 0.3) is 0 Å². The average Bonchev–Trinajstić information content (AvgIpc) is 2.66. The molecule has 0 unspecified atom stereocenters. The summed E-state index contributed by atoms with van der Waals surface area (Å²) in [6.45, 7) is 0. The van der Waals surface area contributed by atoms with Crippen molar-refractivity contribution < 1.29 is 0 Å². The Hall–Kier alpha value is -0.930. The van der Waals surface area contributed by atoms with Crippen LogP contribution in [0.1, 0.15) is 5.56 Å². The van der Waals surface area contributed by atoms with Crippen molar-refractivity contribution in [3.05, 3.63) is 29.8 Å². The first-order valence-electron chi connectivity index (χ1n) is 5.64. The molecular weight excluding hydrogens is 216 g/mol. The molecule has 2 aromatic rings. The Kier molecular flexibility index (Phi) is 2.45. The highest BCUT2D eigenvalue weighted by Gasteiger charge is 2.23. The number of hydrogen-bond acceptors (Lipinski definition) is 2. The van der Waals surface area contributed by atoms with Crippen LogP contribution < -0.4 is 0 Å². The highest BCUT2D eigenvalue weighted by molar-refractivity contribution is 7.99. The van der Waals surface area contributed by atoms with E-state index in [-0.39, 0.29) is 0 Å². The second-order valence-electron chi connectivity index (χ2n) is 4.61. The van der Waals surface area contributed by atoms with Crippen molar-refractivity contribution in [2.45, 2.75) is 17.5 Å². The van der Waals surface area contributed by atoms with Gasteiger partial charge in [-0.25, -0.2) is 0 Å². The predicted molar refractivity (Wildman–Crippen MR) is 70.2 cm³/mol. The molecule has 1 atom stereocenters. The number of benzene rings is 1. The third-order valence-corrected chi connectivity index (χ3v) is 4.55. The Morgan fingerprint density at radius 3 is 2.94 bits per heavy atom. The number of para-hydroxylation sites is 1. The van der Waals surface area contributed by atoms with Gasteiger partial charge in [-0.05, 0) is 32.1 Å². The standard InChI is InChI=1S/C13H16N2S/c1-15(2)9-7-11-10-5-3-4-6-12(10)14-13(11)16-8-9/h3-6,9,14H,7-8H2,1-2H3/t9-/m0/s1. The van der Waals surface area contributed by atoms with Crippen molar-refractivity contribution in [2.24, 2.45) is 0 Å². The number of rotatable bonds is 1. The molecule has 0 fully saturated rings. The lowest BCUT2D eigenvalue weighted by Gasteiger charge is -2.27. The van der Waals surface area contributed by atoms with Crippen molar-refractivity contribution in [2.75, 3.05) is 19.8 Å². The van der Waals surface area contributed by atoms with Gasteiger partial charge < -0.3 is 9.88 Å². The van der Waals surface area contributed by atoms with Gasteiger partial charge in [-0.3, -0.25) is 0 Å². The molecule has 0 amide bonds. The molecule has 0 spiro atoms. The van der Waals surface area contributed by atoms with Gasteiger partial charge in [0, 0.05) is 22.7 Å². The third-order valence-electron chi connectivity index (χ3n) is 3.36. The van der Waals surface area contributed by atoms with Crippen molar-refractivity contribution >= 4 is 22.7 Å². The van der Waals surface area contributed by atoms with Crippen LogP contribution in [0.2, 0.25) is 0 Å². The highest BCUT2D eigenvalue weighted by atomic mass is 32.2. The fourth-order valence-electron chi connectivity index (χ4n) is 2.31. The molecule has 2 nitrogen and oxygen atoms in total. The van der Waals surface area contributed by atoms with Crippen LogP contribution in [0.15, 0.2) is 29.3 Å². The number of nitrogens with zero attached hydrogens (tertiary/aromatic N) is 1. The maximum Gasteiger partial charge on any atom is 0.0766 e. The van der Waals surface area contributed by atoms with E-state index in [1.54, 1.807) is 0 Å². The SMILES string of the molecule is CN(C)[C@@H]1CSc2[nH]c3ccccc3c2C1. The van der Waals surface area contributed by atoms with Crippen LogP contribution in [0.25, 0.3) is 10.9 Å². The van der Waals surface area contributed by atoms with Crippen LogP contribution in [0.3, 0.4) is 0 Å². The molecule has 1 aliphatic heterocycles. The largest absolute Gasteiger partial charge is 0.349 e. The second kappa shape index (κ2) is 3.82. The first kappa shape index (κ1) is 10.2. The number of hydrogen-bond donors (Lipinski definition) is 1.